The summed E-state index contributed by atoms with van der Waals surface area (Å²) in [6, 6.07) is 3.04. The lowest BCUT2D eigenvalue weighted by atomic mass is 9.79. The largest absolute Gasteiger partial charge is 0.463 e. The number of nitrogens with one attached hydrogen (secondary N) is 1. The van der Waals surface area contributed by atoms with Crippen molar-refractivity contribution in [1.29, 1.82) is 0 Å². The number of ether oxygens (including phenoxy) is 1. The summed E-state index contributed by atoms with van der Waals surface area (Å²) in [4.78, 5) is 47.8. The highest BCUT2D eigenvalue weighted by Gasteiger charge is 2.64. The summed E-state index contributed by atoms with van der Waals surface area (Å²) in [6.07, 6.45) is -6.47. The number of carbonyl (C=O) groups excluding carboxylic acids is 3. The monoisotopic (exact) mass is 429 g/mol. The van der Waals surface area contributed by atoms with Crippen molar-refractivity contribution >= 4 is 29.2 Å². The number of hydrogen-bond acceptors (Lipinski definition) is 6. The Hall–Kier alpha value is -3.44. The molecule has 1 aliphatic rings. The van der Waals surface area contributed by atoms with E-state index in [0.29, 0.717) is 0 Å². The van der Waals surface area contributed by atoms with Crippen molar-refractivity contribution in [2.75, 3.05) is 13.7 Å². The van der Waals surface area contributed by atoms with Crippen molar-refractivity contribution in [3.8, 4) is 0 Å². The normalized spacial score (nSPS) is 19.4. The highest BCUT2D eigenvalue weighted by atomic mass is 19.4. The van der Waals surface area contributed by atoms with Crippen LogP contribution in [0.5, 0.6) is 0 Å². The lowest BCUT2D eigenvalue weighted by Crippen LogP contribution is -2.67. The number of alkyl halides is 3. The molecule has 12 heteroatoms. The maximum absolute atomic E-state index is 14.3. The van der Waals surface area contributed by atoms with E-state index in [4.69, 9.17) is 4.74 Å². The van der Waals surface area contributed by atoms with Gasteiger partial charge in [0, 0.05) is 25.6 Å². The van der Waals surface area contributed by atoms with Gasteiger partial charge in [-0.25, -0.2) is 9.59 Å². The summed E-state index contributed by atoms with van der Waals surface area (Å²) in [5.74, 6) is -2.31. The fourth-order valence-electron chi connectivity index (χ4n) is 3.17. The first-order valence-electron chi connectivity index (χ1n) is 8.64. The number of nitrogens with zero attached hydrogens (tertiary/aromatic N) is 2. The first-order valence-corrected chi connectivity index (χ1v) is 8.64. The summed E-state index contributed by atoms with van der Waals surface area (Å²) in [7, 11) is 1.12. The number of benzene rings is 1. The quantitative estimate of drug-likeness (QED) is 0.422. The van der Waals surface area contributed by atoms with E-state index in [1.54, 1.807) is 5.32 Å². The molecule has 1 heterocycles. The van der Waals surface area contributed by atoms with E-state index >= 15 is 0 Å². The van der Waals surface area contributed by atoms with Crippen LogP contribution in [0.2, 0.25) is 0 Å². The Morgan fingerprint density at radius 2 is 1.83 bits per heavy atom. The number of halogens is 3. The molecule has 0 bridgehead atoms. The van der Waals surface area contributed by atoms with Gasteiger partial charge < -0.3 is 10.1 Å². The van der Waals surface area contributed by atoms with Crippen LogP contribution in [-0.4, -0.2) is 53.0 Å². The maximum Gasteiger partial charge on any atom is 0.416 e. The van der Waals surface area contributed by atoms with Crippen LogP contribution in [0.25, 0.3) is 5.70 Å². The number of amides is 2. The molecule has 1 aliphatic heterocycles. The van der Waals surface area contributed by atoms with E-state index in [-0.39, 0.29) is 17.9 Å². The maximum atomic E-state index is 14.3. The van der Waals surface area contributed by atoms with Crippen LogP contribution in [0.1, 0.15) is 25.8 Å². The average molecular weight is 429 g/mol. The van der Waals surface area contributed by atoms with Crippen molar-refractivity contribution in [2.45, 2.75) is 32.0 Å². The van der Waals surface area contributed by atoms with Crippen molar-refractivity contribution < 1.29 is 37.2 Å². The fourth-order valence-corrected chi connectivity index (χ4v) is 3.17. The van der Waals surface area contributed by atoms with Crippen LogP contribution in [-0.2, 0) is 14.3 Å². The molecular weight excluding hydrogens is 411 g/mol. The van der Waals surface area contributed by atoms with Gasteiger partial charge in [0.05, 0.1) is 22.8 Å². The zero-order valence-corrected chi connectivity index (χ0v) is 16.2. The molecule has 162 valence electrons. The minimum absolute atomic E-state index is 0.0711. The second-order valence-corrected chi connectivity index (χ2v) is 6.52. The Labute approximate surface area is 168 Å². The molecule has 1 aromatic rings. The van der Waals surface area contributed by atoms with E-state index in [1.807, 2.05) is 0 Å². The minimum atomic E-state index is -5.23. The van der Waals surface area contributed by atoms with Crippen molar-refractivity contribution in [2.24, 2.45) is 0 Å². The molecule has 2 rings (SSSR count). The number of nitro benzene ring substituents is 1. The number of urea groups is 1. The van der Waals surface area contributed by atoms with Crippen LogP contribution in [0, 0.1) is 10.1 Å². The van der Waals surface area contributed by atoms with Gasteiger partial charge in [-0.2, -0.15) is 13.2 Å². The molecule has 0 spiro atoms. The standard InChI is InChI=1S/C18H18F3N3O6/c1-4-30-15(26)13-14(11-5-7-12(8-6-11)24(28)29)23(3)16(27)22-17(13,9-10(2)25)18(19,20)21/h5-8H,4,9H2,1-3H3,(H,22,27)/t17-/m0/s1. The summed E-state index contributed by atoms with van der Waals surface area (Å²) >= 11 is 0. The molecule has 0 saturated heterocycles. The molecule has 30 heavy (non-hydrogen) atoms. The van der Waals surface area contributed by atoms with Crippen LogP contribution >= 0.6 is 0 Å². The van der Waals surface area contributed by atoms with Gasteiger partial charge in [0.1, 0.15) is 5.78 Å². The predicted molar refractivity (Wildman–Crippen MR) is 97.0 cm³/mol. The zero-order valence-electron chi connectivity index (χ0n) is 16.2. The molecule has 2 amide bonds. The number of esters is 1. The highest BCUT2D eigenvalue weighted by molar-refractivity contribution is 6.06. The fraction of sp³-hybridized carbons (Fsp3) is 0.389. The van der Waals surface area contributed by atoms with Crippen molar-refractivity contribution in [3.63, 3.8) is 0 Å². The van der Waals surface area contributed by atoms with Gasteiger partial charge >= 0.3 is 18.2 Å². The number of non-ortho nitro benzene ring substituents is 1. The second-order valence-electron chi connectivity index (χ2n) is 6.52. The van der Waals surface area contributed by atoms with Gasteiger partial charge in [0.15, 0.2) is 5.54 Å². The van der Waals surface area contributed by atoms with Crippen LogP contribution in [0.15, 0.2) is 29.8 Å². The molecule has 1 N–H and O–H groups in total. The molecule has 0 radical (unpaired) electrons. The van der Waals surface area contributed by atoms with Crippen molar-refractivity contribution in [3.05, 3.63) is 45.5 Å². The van der Waals surface area contributed by atoms with Crippen molar-refractivity contribution in [1.82, 2.24) is 10.2 Å². The summed E-state index contributed by atoms with van der Waals surface area (Å²) in [6.45, 7) is 2.02. The number of ketones is 1. The Balaban J connectivity index is 2.92. The summed E-state index contributed by atoms with van der Waals surface area (Å²) in [5.41, 5.74) is -5.19. The topological polar surface area (TPSA) is 119 Å². The summed E-state index contributed by atoms with van der Waals surface area (Å²) in [5, 5.41) is 12.6. The Bertz CT molecular complexity index is 926. The lowest BCUT2D eigenvalue weighted by molar-refractivity contribution is -0.384. The molecule has 1 atom stereocenters. The Morgan fingerprint density at radius 1 is 1.27 bits per heavy atom. The van der Waals surface area contributed by atoms with Gasteiger partial charge in [-0.15, -0.1) is 0 Å². The molecule has 0 aromatic heterocycles. The average Bonchev–Trinajstić information content (AvgIpc) is 2.63. The molecule has 0 aliphatic carbocycles. The lowest BCUT2D eigenvalue weighted by Gasteiger charge is -2.43. The predicted octanol–water partition coefficient (Wildman–Crippen LogP) is 2.80. The number of carbonyl (C=O) groups is 3. The minimum Gasteiger partial charge on any atom is -0.463 e. The van der Waals surface area contributed by atoms with E-state index in [1.165, 1.54) is 6.92 Å². The van der Waals surface area contributed by atoms with Crippen LogP contribution in [0.4, 0.5) is 23.7 Å². The number of Topliss-reactive ketones (excluding diaryl/α,β-unsaturated/α-hetero) is 1. The number of nitro groups is 1. The third kappa shape index (κ3) is 3.98. The van der Waals surface area contributed by atoms with Gasteiger partial charge in [-0.3, -0.25) is 19.8 Å². The van der Waals surface area contributed by atoms with E-state index in [9.17, 15) is 37.7 Å². The molecule has 0 fully saturated rings. The number of hydrogen-bond donors (Lipinski definition) is 1. The number of rotatable bonds is 6. The molecular formula is C18H18F3N3O6. The third-order valence-corrected chi connectivity index (χ3v) is 4.45. The molecule has 9 nitrogen and oxygen atoms in total. The summed E-state index contributed by atoms with van der Waals surface area (Å²) < 4.78 is 47.6. The van der Waals surface area contributed by atoms with Gasteiger partial charge in [-0.05, 0) is 31.5 Å². The van der Waals surface area contributed by atoms with E-state index in [2.05, 4.69) is 0 Å². The van der Waals surface area contributed by atoms with Gasteiger partial charge in [-0.1, -0.05) is 0 Å². The molecule has 0 saturated carbocycles. The first-order chi connectivity index (χ1) is 13.9. The Kier molecular flexibility index (Phi) is 6.19. The van der Waals surface area contributed by atoms with Crippen LogP contribution in [0.3, 0.4) is 0 Å². The molecule has 0 unspecified atom stereocenters. The smallest absolute Gasteiger partial charge is 0.416 e. The van der Waals surface area contributed by atoms with E-state index < -0.39 is 52.1 Å². The van der Waals surface area contributed by atoms with Gasteiger partial charge in [0.2, 0.25) is 0 Å². The zero-order chi connectivity index (χ0) is 22.9. The first kappa shape index (κ1) is 22.8. The second kappa shape index (κ2) is 8.13. The molecule has 1 aromatic carbocycles. The van der Waals surface area contributed by atoms with Gasteiger partial charge in [0.25, 0.3) is 5.69 Å². The highest BCUT2D eigenvalue weighted by Crippen LogP contribution is 2.45. The Morgan fingerprint density at radius 3 is 2.27 bits per heavy atom. The van der Waals surface area contributed by atoms with E-state index in [0.717, 1.165) is 43.1 Å². The van der Waals surface area contributed by atoms with Crippen LogP contribution < -0.4 is 5.32 Å². The SMILES string of the molecule is CCOC(=O)C1=C(c2ccc([N+](=O)[O-])cc2)N(C)C(=O)N[C@]1(CC(C)=O)C(F)(F)F. The third-order valence-electron chi connectivity index (χ3n) is 4.45.